The lowest BCUT2D eigenvalue weighted by atomic mass is 10.1. The van der Waals surface area contributed by atoms with Gasteiger partial charge in [-0.2, -0.15) is 4.98 Å². The molecule has 0 spiro atoms. The van der Waals surface area contributed by atoms with Crippen LogP contribution in [-0.2, 0) is 0 Å². The lowest BCUT2D eigenvalue weighted by molar-refractivity contribution is 0.451. The number of anilines is 2. The van der Waals surface area contributed by atoms with Crippen molar-refractivity contribution in [3.63, 3.8) is 0 Å². The Kier molecular flexibility index (Phi) is 4.79. The number of rotatable bonds is 3. The molecule has 4 aromatic rings. The van der Waals surface area contributed by atoms with Gasteiger partial charge in [-0.25, -0.2) is 4.98 Å². The van der Waals surface area contributed by atoms with Gasteiger partial charge in [-0.1, -0.05) is 46.6 Å². The Balaban J connectivity index is 1.44. The third kappa shape index (κ3) is 3.37. The summed E-state index contributed by atoms with van der Waals surface area (Å²) in [5.41, 5.74) is 6.09. The highest BCUT2D eigenvalue weighted by atomic mass is 35.5. The minimum absolute atomic E-state index is 0.502. The van der Waals surface area contributed by atoms with Crippen LogP contribution in [0.25, 0.3) is 22.4 Å². The summed E-state index contributed by atoms with van der Waals surface area (Å²) in [6.45, 7) is 7.90. The number of benzene rings is 2. The Hall–Kier alpha value is -3.12. The van der Waals surface area contributed by atoms with E-state index < -0.39 is 0 Å². The molecule has 1 aliphatic rings. The van der Waals surface area contributed by atoms with E-state index in [9.17, 15) is 0 Å². The molecule has 30 heavy (non-hydrogen) atoms. The van der Waals surface area contributed by atoms with Crippen molar-refractivity contribution < 1.29 is 4.52 Å². The molecule has 1 fully saturated rings. The Morgan fingerprint density at radius 2 is 1.63 bits per heavy atom. The van der Waals surface area contributed by atoms with Crippen LogP contribution in [-0.4, -0.2) is 41.3 Å². The highest BCUT2D eigenvalue weighted by Crippen LogP contribution is 2.34. The number of piperazine rings is 1. The van der Waals surface area contributed by atoms with Gasteiger partial charge in [-0.3, -0.25) is 0 Å². The number of nitrogens with zero attached hydrogens (tertiary/aromatic N) is 5. The van der Waals surface area contributed by atoms with Crippen LogP contribution in [0.4, 0.5) is 11.5 Å². The minimum Gasteiger partial charge on any atom is -0.368 e. The van der Waals surface area contributed by atoms with Crippen LogP contribution < -0.4 is 9.80 Å². The molecule has 2 aromatic carbocycles. The molecule has 6 nitrogen and oxygen atoms in total. The third-order valence-electron chi connectivity index (χ3n) is 5.64. The van der Waals surface area contributed by atoms with E-state index in [1.165, 1.54) is 16.8 Å². The number of aryl methyl sites for hydroxylation is 2. The second-order valence-corrected chi connectivity index (χ2v) is 8.12. The fourth-order valence-electron chi connectivity index (χ4n) is 4.14. The molecule has 0 radical (unpaired) electrons. The topological polar surface area (TPSA) is 58.3 Å². The van der Waals surface area contributed by atoms with E-state index in [0.29, 0.717) is 10.7 Å². The van der Waals surface area contributed by atoms with Crippen LogP contribution in [0.1, 0.15) is 11.1 Å². The molecule has 7 heteroatoms. The average molecular weight is 420 g/mol. The van der Waals surface area contributed by atoms with E-state index in [0.717, 1.165) is 48.6 Å². The van der Waals surface area contributed by atoms with Gasteiger partial charge in [0.25, 0.3) is 5.71 Å². The van der Waals surface area contributed by atoms with Crippen molar-refractivity contribution in [2.24, 2.45) is 0 Å². The van der Waals surface area contributed by atoms with Crippen molar-refractivity contribution in [1.29, 1.82) is 0 Å². The standard InChI is InChI=1S/C23H22ClN5O/c1-15-3-8-19(16(2)13-15)28-9-11-29(12-10-28)22-20-21(17-4-6-18(24)7-5-17)27-30-23(20)26-14-25-22/h3-8,13-14H,9-12H2,1-2H3. The second kappa shape index (κ2) is 7.61. The largest absolute Gasteiger partial charge is 0.368 e. The first kappa shape index (κ1) is 18.9. The van der Waals surface area contributed by atoms with Gasteiger partial charge in [0.05, 0.1) is 0 Å². The van der Waals surface area contributed by atoms with Crippen molar-refractivity contribution in [2.45, 2.75) is 13.8 Å². The van der Waals surface area contributed by atoms with Crippen molar-refractivity contribution in [1.82, 2.24) is 15.1 Å². The van der Waals surface area contributed by atoms with E-state index in [4.69, 9.17) is 16.1 Å². The molecule has 0 N–H and O–H groups in total. The van der Waals surface area contributed by atoms with Gasteiger partial charge in [-0.05, 0) is 37.6 Å². The molecule has 0 aliphatic carbocycles. The van der Waals surface area contributed by atoms with Gasteiger partial charge in [0.15, 0.2) is 0 Å². The summed E-state index contributed by atoms with van der Waals surface area (Å²) >= 11 is 6.05. The Bertz CT molecular complexity index is 1200. The predicted molar refractivity (Wildman–Crippen MR) is 120 cm³/mol. The zero-order chi connectivity index (χ0) is 20.7. The van der Waals surface area contributed by atoms with Crippen molar-refractivity contribution in [2.75, 3.05) is 36.0 Å². The molecule has 1 saturated heterocycles. The molecule has 0 unspecified atom stereocenters. The number of hydrogen-bond acceptors (Lipinski definition) is 6. The van der Waals surface area contributed by atoms with Crippen molar-refractivity contribution >= 4 is 34.2 Å². The summed E-state index contributed by atoms with van der Waals surface area (Å²) in [6.07, 6.45) is 1.55. The van der Waals surface area contributed by atoms with Crippen molar-refractivity contribution in [3.05, 3.63) is 64.9 Å². The van der Waals surface area contributed by atoms with Crippen LogP contribution >= 0.6 is 11.6 Å². The summed E-state index contributed by atoms with van der Waals surface area (Å²) in [4.78, 5) is 13.6. The van der Waals surface area contributed by atoms with Crippen LogP contribution in [0.15, 0.2) is 53.3 Å². The number of hydrogen-bond donors (Lipinski definition) is 0. The van der Waals surface area contributed by atoms with Crippen LogP contribution in [0.5, 0.6) is 0 Å². The molecule has 0 bridgehead atoms. The fraction of sp³-hybridized carbons (Fsp3) is 0.261. The van der Waals surface area contributed by atoms with E-state index in [1.807, 2.05) is 24.3 Å². The molecule has 3 heterocycles. The second-order valence-electron chi connectivity index (χ2n) is 7.68. The summed E-state index contributed by atoms with van der Waals surface area (Å²) in [5, 5.41) is 5.81. The SMILES string of the molecule is Cc1ccc(N2CCN(c3ncnc4onc(-c5ccc(Cl)cc5)c34)CC2)c(C)c1. The first-order valence-electron chi connectivity index (χ1n) is 10.0. The first-order valence-corrected chi connectivity index (χ1v) is 10.4. The summed E-state index contributed by atoms with van der Waals surface area (Å²) < 4.78 is 5.51. The Morgan fingerprint density at radius 1 is 0.900 bits per heavy atom. The number of aromatic nitrogens is 3. The molecular weight excluding hydrogens is 398 g/mol. The third-order valence-corrected chi connectivity index (χ3v) is 5.89. The predicted octanol–water partition coefficient (Wildman–Crippen LogP) is 4.88. The monoisotopic (exact) mass is 419 g/mol. The summed E-state index contributed by atoms with van der Waals surface area (Å²) in [7, 11) is 0. The fourth-order valence-corrected chi connectivity index (χ4v) is 4.26. The average Bonchev–Trinajstić information content (AvgIpc) is 3.19. The van der Waals surface area contributed by atoms with E-state index in [1.54, 1.807) is 6.33 Å². The normalized spacial score (nSPS) is 14.5. The number of halogens is 1. The molecular formula is C23H22ClN5O. The van der Waals surface area contributed by atoms with Crippen LogP contribution in [0.2, 0.25) is 5.02 Å². The van der Waals surface area contributed by atoms with E-state index in [2.05, 4.69) is 57.0 Å². The maximum atomic E-state index is 6.05. The molecule has 2 aromatic heterocycles. The minimum atomic E-state index is 0.502. The first-order chi connectivity index (χ1) is 14.6. The Labute approximate surface area is 180 Å². The Morgan fingerprint density at radius 3 is 2.37 bits per heavy atom. The van der Waals surface area contributed by atoms with Gasteiger partial charge in [0, 0.05) is 42.5 Å². The lowest BCUT2D eigenvalue weighted by Crippen LogP contribution is -2.47. The van der Waals surface area contributed by atoms with Gasteiger partial charge in [-0.15, -0.1) is 0 Å². The quantitative estimate of drug-likeness (QED) is 0.471. The van der Waals surface area contributed by atoms with Gasteiger partial charge in [0.1, 0.15) is 23.2 Å². The van der Waals surface area contributed by atoms with Gasteiger partial charge < -0.3 is 14.3 Å². The summed E-state index contributed by atoms with van der Waals surface area (Å²) in [5.74, 6) is 0.867. The van der Waals surface area contributed by atoms with E-state index >= 15 is 0 Å². The van der Waals surface area contributed by atoms with Crippen molar-refractivity contribution in [3.8, 4) is 11.3 Å². The maximum Gasteiger partial charge on any atom is 0.263 e. The molecule has 0 atom stereocenters. The van der Waals surface area contributed by atoms with E-state index in [-0.39, 0.29) is 0 Å². The number of fused-ring (bicyclic) bond motifs is 1. The summed E-state index contributed by atoms with van der Waals surface area (Å²) in [6, 6.07) is 14.2. The molecule has 0 amide bonds. The van der Waals surface area contributed by atoms with Gasteiger partial charge >= 0.3 is 0 Å². The smallest absolute Gasteiger partial charge is 0.263 e. The highest BCUT2D eigenvalue weighted by Gasteiger charge is 2.24. The zero-order valence-corrected chi connectivity index (χ0v) is 17.7. The highest BCUT2D eigenvalue weighted by molar-refractivity contribution is 6.30. The van der Waals surface area contributed by atoms with Crippen LogP contribution in [0, 0.1) is 13.8 Å². The molecule has 5 rings (SSSR count). The maximum absolute atomic E-state index is 6.05. The zero-order valence-electron chi connectivity index (χ0n) is 17.0. The molecule has 152 valence electrons. The van der Waals surface area contributed by atoms with Gasteiger partial charge in [0.2, 0.25) is 0 Å². The molecule has 1 aliphatic heterocycles. The van der Waals surface area contributed by atoms with Crippen LogP contribution in [0.3, 0.4) is 0 Å². The lowest BCUT2D eigenvalue weighted by Gasteiger charge is -2.37. The molecule has 0 saturated carbocycles.